The number of fused-ring (bicyclic) bond motifs is 7. The molecular formula is C48H32N6. The van der Waals surface area contributed by atoms with Gasteiger partial charge in [-0.15, -0.1) is 0 Å². The first-order chi connectivity index (χ1) is 26.8. The number of aromatic nitrogens is 5. The second kappa shape index (κ2) is 12.1. The first-order valence-electron chi connectivity index (χ1n) is 18.2. The zero-order chi connectivity index (χ0) is 35.6. The lowest BCUT2D eigenvalue weighted by Crippen LogP contribution is -2.23. The first-order valence-corrected chi connectivity index (χ1v) is 18.2. The van der Waals surface area contributed by atoms with Crippen LogP contribution < -0.4 is 5.32 Å². The molecule has 254 valence electrons. The summed E-state index contributed by atoms with van der Waals surface area (Å²) in [5.41, 5.74) is 8.75. The van der Waals surface area contributed by atoms with E-state index in [2.05, 4.69) is 160 Å². The summed E-state index contributed by atoms with van der Waals surface area (Å²) in [7, 11) is 0. The van der Waals surface area contributed by atoms with Crippen LogP contribution in [0.1, 0.15) is 5.82 Å². The molecule has 0 radical (unpaired) electrons. The molecular weight excluding hydrogens is 661 g/mol. The molecule has 7 aromatic carbocycles. The molecule has 3 aromatic heterocycles. The van der Waals surface area contributed by atoms with Crippen molar-refractivity contribution in [1.82, 2.24) is 29.4 Å². The van der Waals surface area contributed by atoms with E-state index in [1.165, 1.54) is 38.0 Å². The maximum atomic E-state index is 5.07. The molecule has 0 saturated carbocycles. The largest absolute Gasteiger partial charge is 0.367 e. The van der Waals surface area contributed by atoms with Gasteiger partial charge in [-0.1, -0.05) is 121 Å². The van der Waals surface area contributed by atoms with Crippen molar-refractivity contribution in [3.05, 3.63) is 182 Å². The van der Waals surface area contributed by atoms with E-state index < -0.39 is 0 Å². The van der Waals surface area contributed by atoms with Crippen molar-refractivity contribution >= 4 is 65.8 Å². The maximum absolute atomic E-state index is 5.07. The normalized spacial score (nSPS) is 13.1. The Balaban J connectivity index is 1.07. The second-order valence-corrected chi connectivity index (χ2v) is 13.8. The molecule has 1 N–H and O–H groups in total. The van der Waals surface area contributed by atoms with Gasteiger partial charge in [-0.25, -0.2) is 15.0 Å². The van der Waals surface area contributed by atoms with Gasteiger partial charge in [0.15, 0.2) is 17.5 Å². The molecule has 1 aliphatic rings. The van der Waals surface area contributed by atoms with Crippen LogP contribution in [0.4, 0.5) is 0 Å². The van der Waals surface area contributed by atoms with Crippen molar-refractivity contribution in [3.63, 3.8) is 0 Å². The minimum absolute atomic E-state index is 0.560. The lowest BCUT2D eigenvalue weighted by molar-refractivity contribution is 0.914. The van der Waals surface area contributed by atoms with Crippen LogP contribution in [0.15, 0.2) is 176 Å². The third-order valence-electron chi connectivity index (χ3n) is 10.6. The Morgan fingerprint density at radius 3 is 1.69 bits per heavy atom. The quantitative estimate of drug-likeness (QED) is 0.195. The highest BCUT2D eigenvalue weighted by Crippen LogP contribution is 2.39. The Bertz CT molecular complexity index is 3150. The molecule has 0 bridgehead atoms. The van der Waals surface area contributed by atoms with Gasteiger partial charge in [0.25, 0.3) is 0 Å². The van der Waals surface area contributed by atoms with Gasteiger partial charge < -0.3 is 9.88 Å². The molecule has 11 rings (SSSR count). The van der Waals surface area contributed by atoms with Gasteiger partial charge in [0, 0.05) is 50.5 Å². The Hall–Kier alpha value is -7.31. The Labute approximate surface area is 311 Å². The zero-order valence-corrected chi connectivity index (χ0v) is 29.2. The first kappa shape index (κ1) is 30.3. The number of nitrogens with zero attached hydrogens (tertiary/aromatic N) is 5. The van der Waals surface area contributed by atoms with E-state index >= 15 is 0 Å². The lowest BCUT2D eigenvalue weighted by atomic mass is 10.1. The summed E-state index contributed by atoms with van der Waals surface area (Å²) in [5.74, 6) is 2.97. The fourth-order valence-corrected chi connectivity index (χ4v) is 8.03. The van der Waals surface area contributed by atoms with Crippen molar-refractivity contribution < 1.29 is 0 Å². The van der Waals surface area contributed by atoms with E-state index in [1.807, 2.05) is 30.3 Å². The fraction of sp³-hybridized carbons (Fsp3) is 0.0208. The number of nitrogens with one attached hydrogen (secondary N) is 1. The molecule has 0 aliphatic carbocycles. The smallest absolute Gasteiger partial charge is 0.164 e. The van der Waals surface area contributed by atoms with E-state index in [0.717, 1.165) is 44.6 Å². The third-order valence-corrected chi connectivity index (χ3v) is 10.6. The summed E-state index contributed by atoms with van der Waals surface area (Å²) >= 11 is 0. The van der Waals surface area contributed by atoms with Gasteiger partial charge in [0.2, 0.25) is 0 Å². The van der Waals surface area contributed by atoms with Crippen LogP contribution in [0.5, 0.6) is 0 Å². The van der Waals surface area contributed by atoms with Crippen molar-refractivity contribution in [2.45, 2.75) is 0 Å². The van der Waals surface area contributed by atoms with E-state index in [0.29, 0.717) is 24.0 Å². The average molecular weight is 693 g/mol. The number of dihydropyridines is 1. The van der Waals surface area contributed by atoms with Crippen LogP contribution >= 0.6 is 0 Å². The summed E-state index contributed by atoms with van der Waals surface area (Å²) in [5, 5.41) is 11.0. The van der Waals surface area contributed by atoms with Crippen molar-refractivity contribution in [2.24, 2.45) is 0 Å². The van der Waals surface area contributed by atoms with Gasteiger partial charge in [0.05, 0.1) is 22.1 Å². The molecule has 0 amide bonds. The monoisotopic (exact) mass is 692 g/mol. The SMILES string of the molecule is C1=C(c2nc(-c3ccccc3)nc(-c3ccc4ccccc4c3)n2)CNC(n2c3ccccc3c3cc4c(cc32)c2ccccc2n4-c2ccccc2)=C1. The molecule has 6 nitrogen and oxygen atoms in total. The lowest BCUT2D eigenvalue weighted by Gasteiger charge is -2.20. The van der Waals surface area contributed by atoms with Crippen LogP contribution in [0.2, 0.25) is 0 Å². The van der Waals surface area contributed by atoms with Crippen LogP contribution in [-0.2, 0) is 0 Å². The number of allylic oxidation sites excluding steroid dienone is 2. The molecule has 0 saturated heterocycles. The predicted molar refractivity (Wildman–Crippen MR) is 222 cm³/mol. The van der Waals surface area contributed by atoms with Gasteiger partial charge in [-0.05, 0) is 65.4 Å². The van der Waals surface area contributed by atoms with Crippen LogP contribution in [0.3, 0.4) is 0 Å². The Morgan fingerprint density at radius 1 is 0.407 bits per heavy atom. The zero-order valence-electron chi connectivity index (χ0n) is 29.2. The number of benzene rings is 7. The van der Waals surface area contributed by atoms with Crippen LogP contribution in [-0.4, -0.2) is 30.6 Å². The van der Waals surface area contributed by atoms with Gasteiger partial charge in [-0.2, -0.15) is 0 Å². The summed E-state index contributed by atoms with van der Waals surface area (Å²) in [6, 6.07) is 57.6. The molecule has 54 heavy (non-hydrogen) atoms. The average Bonchev–Trinajstić information content (AvgIpc) is 3.75. The highest BCUT2D eigenvalue weighted by Gasteiger charge is 2.21. The van der Waals surface area contributed by atoms with E-state index in [-0.39, 0.29) is 0 Å². The number of hydrogen-bond donors (Lipinski definition) is 1. The molecule has 0 atom stereocenters. The standard InChI is InChI=1S/C48H32N6/c1-3-14-32(15-4-1)46-50-47(34-24-23-31-13-7-8-16-33(31)27-34)52-48(51-46)35-25-26-45(49-30-35)54-42-22-12-10-20-38(42)40-28-43-39(29-44(40)54)37-19-9-11-21-41(37)53(43)36-17-5-2-6-18-36/h1-29,49H,30H2. The maximum Gasteiger partial charge on any atom is 0.164 e. The molecule has 1 aliphatic heterocycles. The molecule has 0 spiro atoms. The second-order valence-electron chi connectivity index (χ2n) is 13.8. The van der Waals surface area contributed by atoms with Gasteiger partial charge in [-0.3, -0.25) is 4.57 Å². The predicted octanol–water partition coefficient (Wildman–Crippen LogP) is 11.0. The van der Waals surface area contributed by atoms with Crippen molar-refractivity contribution in [3.8, 4) is 28.5 Å². The van der Waals surface area contributed by atoms with Crippen LogP contribution in [0, 0.1) is 0 Å². The molecule has 0 unspecified atom stereocenters. The Kier molecular flexibility index (Phi) is 6.82. The summed E-state index contributed by atoms with van der Waals surface area (Å²) in [6.07, 6.45) is 4.31. The number of rotatable bonds is 5. The van der Waals surface area contributed by atoms with E-state index in [4.69, 9.17) is 15.0 Å². The molecule has 0 fully saturated rings. The van der Waals surface area contributed by atoms with E-state index in [1.54, 1.807) is 0 Å². The number of hydrogen-bond acceptors (Lipinski definition) is 4. The Morgan fingerprint density at radius 2 is 0.981 bits per heavy atom. The minimum Gasteiger partial charge on any atom is -0.367 e. The molecule has 4 heterocycles. The molecule has 6 heteroatoms. The van der Waals surface area contributed by atoms with Crippen molar-refractivity contribution in [2.75, 3.05) is 6.54 Å². The van der Waals surface area contributed by atoms with E-state index in [9.17, 15) is 0 Å². The summed E-state index contributed by atoms with van der Waals surface area (Å²) in [6.45, 7) is 0.560. The topological polar surface area (TPSA) is 60.6 Å². The molecule has 10 aromatic rings. The summed E-state index contributed by atoms with van der Waals surface area (Å²) in [4.78, 5) is 15.1. The van der Waals surface area contributed by atoms with Crippen LogP contribution in [0.25, 0.3) is 94.2 Å². The minimum atomic E-state index is 0.560. The number of para-hydroxylation sites is 3. The van der Waals surface area contributed by atoms with Gasteiger partial charge in [0.1, 0.15) is 5.82 Å². The third kappa shape index (κ3) is 4.85. The highest BCUT2D eigenvalue weighted by atomic mass is 15.2. The van der Waals surface area contributed by atoms with Gasteiger partial charge >= 0.3 is 0 Å². The fourth-order valence-electron chi connectivity index (χ4n) is 8.03. The van der Waals surface area contributed by atoms with Crippen molar-refractivity contribution in [1.29, 1.82) is 0 Å². The highest BCUT2D eigenvalue weighted by molar-refractivity contribution is 6.19. The summed E-state index contributed by atoms with van der Waals surface area (Å²) < 4.78 is 4.74.